The zero-order valence-corrected chi connectivity index (χ0v) is 16.4. The Morgan fingerprint density at radius 2 is 1.85 bits per heavy atom. The van der Waals surface area contributed by atoms with Gasteiger partial charge in [-0.15, -0.1) is 0 Å². The Balaban J connectivity index is 1.54. The molecule has 1 unspecified atom stereocenters. The average molecular weight is 385 g/mol. The second kappa shape index (κ2) is 6.77. The lowest BCUT2D eigenvalue weighted by atomic mass is 10.1. The van der Waals surface area contributed by atoms with E-state index in [1.165, 1.54) is 0 Å². The van der Waals surface area contributed by atoms with E-state index in [0.717, 1.165) is 35.2 Å². The van der Waals surface area contributed by atoms with Gasteiger partial charge in [-0.05, 0) is 62.4 Å². The fraction of sp³-hybridized carbons (Fsp3) is 0.381. The van der Waals surface area contributed by atoms with Crippen molar-refractivity contribution in [1.29, 1.82) is 0 Å². The molecule has 4 rings (SSSR count). The van der Waals surface area contributed by atoms with Crippen LogP contribution in [0.1, 0.15) is 42.5 Å². The van der Waals surface area contributed by atoms with Crippen molar-refractivity contribution >= 4 is 21.6 Å². The number of carbonyl (C=O) groups excluding carboxylic acids is 1. The monoisotopic (exact) mass is 384 g/mol. The number of aryl methyl sites for hydroxylation is 1. The van der Waals surface area contributed by atoms with Gasteiger partial charge in [0.15, 0.2) is 0 Å². The molecule has 0 spiro atoms. The molecule has 1 aliphatic carbocycles. The molecule has 2 aromatic rings. The largest absolute Gasteiger partial charge is 0.312 e. The Labute approximate surface area is 160 Å². The van der Waals surface area contributed by atoms with Gasteiger partial charge >= 0.3 is 0 Å². The van der Waals surface area contributed by atoms with Crippen molar-refractivity contribution in [2.45, 2.75) is 44.0 Å². The van der Waals surface area contributed by atoms with E-state index in [-0.39, 0.29) is 22.8 Å². The van der Waals surface area contributed by atoms with Gasteiger partial charge in [0.05, 0.1) is 4.90 Å². The highest BCUT2D eigenvalue weighted by Crippen LogP contribution is 2.37. The van der Waals surface area contributed by atoms with E-state index in [1.54, 1.807) is 18.2 Å². The lowest BCUT2D eigenvalue weighted by molar-refractivity contribution is -0.119. The minimum Gasteiger partial charge on any atom is -0.312 e. The molecule has 6 heteroatoms. The highest BCUT2D eigenvalue weighted by molar-refractivity contribution is 7.89. The lowest BCUT2D eigenvalue weighted by Gasteiger charge is -2.18. The minimum atomic E-state index is -3.63. The summed E-state index contributed by atoms with van der Waals surface area (Å²) in [6.07, 6.45) is 2.64. The summed E-state index contributed by atoms with van der Waals surface area (Å²) in [7, 11) is -3.63. The number of fused-ring (bicyclic) bond motifs is 1. The fourth-order valence-corrected chi connectivity index (χ4v) is 4.83. The summed E-state index contributed by atoms with van der Waals surface area (Å²) >= 11 is 0. The normalized spacial score (nSPS) is 17.6. The van der Waals surface area contributed by atoms with Crippen LogP contribution in [-0.2, 0) is 21.2 Å². The van der Waals surface area contributed by atoms with Crippen molar-refractivity contribution in [3.63, 3.8) is 0 Å². The van der Waals surface area contributed by atoms with E-state index in [0.29, 0.717) is 13.0 Å². The number of nitrogens with zero attached hydrogens (tertiary/aromatic N) is 1. The van der Waals surface area contributed by atoms with Crippen molar-refractivity contribution in [2.24, 2.45) is 5.92 Å². The van der Waals surface area contributed by atoms with Gasteiger partial charge in [-0.2, -0.15) is 0 Å². The number of anilines is 1. The van der Waals surface area contributed by atoms with Gasteiger partial charge in [0.25, 0.3) is 0 Å². The molecule has 0 bridgehead atoms. The minimum absolute atomic E-state index is 0.163. The molecule has 2 aromatic carbocycles. The summed E-state index contributed by atoms with van der Waals surface area (Å²) in [5.74, 6) is 0.340. The quantitative estimate of drug-likeness (QED) is 0.860. The van der Waals surface area contributed by atoms with Crippen molar-refractivity contribution in [3.8, 4) is 0 Å². The van der Waals surface area contributed by atoms with Crippen LogP contribution >= 0.6 is 0 Å². The smallest absolute Gasteiger partial charge is 0.241 e. The highest BCUT2D eigenvalue weighted by Gasteiger charge is 2.36. The summed E-state index contributed by atoms with van der Waals surface area (Å²) in [6, 6.07) is 12.6. The Hall–Kier alpha value is -2.18. The van der Waals surface area contributed by atoms with Gasteiger partial charge in [0.2, 0.25) is 15.9 Å². The Morgan fingerprint density at radius 1 is 1.15 bits per heavy atom. The number of nitrogens with one attached hydrogen (secondary N) is 1. The molecule has 1 amide bonds. The number of carbonyl (C=O) groups is 1. The van der Waals surface area contributed by atoms with Crippen molar-refractivity contribution in [2.75, 3.05) is 11.4 Å². The van der Waals surface area contributed by atoms with Crippen LogP contribution < -0.4 is 9.62 Å². The van der Waals surface area contributed by atoms with Gasteiger partial charge in [-0.25, -0.2) is 13.1 Å². The van der Waals surface area contributed by atoms with Crippen LogP contribution in [0.5, 0.6) is 0 Å². The molecule has 1 saturated carbocycles. The third kappa shape index (κ3) is 3.64. The molecule has 2 aliphatic rings. The maximum absolute atomic E-state index is 12.8. The molecule has 27 heavy (non-hydrogen) atoms. The van der Waals surface area contributed by atoms with Gasteiger partial charge in [0, 0.05) is 24.2 Å². The number of sulfonamides is 1. The van der Waals surface area contributed by atoms with E-state index in [2.05, 4.69) is 4.72 Å². The van der Waals surface area contributed by atoms with Crippen LogP contribution in [0, 0.1) is 12.8 Å². The first-order valence-electron chi connectivity index (χ1n) is 9.38. The first-order valence-corrected chi connectivity index (χ1v) is 10.9. The van der Waals surface area contributed by atoms with Crippen LogP contribution in [0.3, 0.4) is 0 Å². The predicted molar refractivity (Wildman–Crippen MR) is 105 cm³/mol. The van der Waals surface area contributed by atoms with E-state index >= 15 is 0 Å². The number of hydrogen-bond donors (Lipinski definition) is 1. The maximum Gasteiger partial charge on any atom is 0.241 e. The SMILES string of the molecule is Cc1ccc(C(C)NS(=O)(=O)c2ccc3c(c2)CCN3C(=O)C2CC2)cc1. The third-order valence-corrected chi connectivity index (χ3v) is 6.90. The zero-order valence-electron chi connectivity index (χ0n) is 15.6. The van der Waals surface area contributed by atoms with Crippen LogP contribution in [-0.4, -0.2) is 20.9 Å². The molecule has 1 heterocycles. The van der Waals surface area contributed by atoms with E-state index in [4.69, 9.17) is 0 Å². The summed E-state index contributed by atoms with van der Waals surface area (Å²) in [5.41, 5.74) is 3.84. The van der Waals surface area contributed by atoms with Crippen molar-refractivity contribution in [1.82, 2.24) is 4.72 Å². The molecule has 0 saturated heterocycles. The fourth-order valence-electron chi connectivity index (χ4n) is 3.55. The topological polar surface area (TPSA) is 66.5 Å². The molecule has 142 valence electrons. The maximum atomic E-state index is 12.8. The summed E-state index contributed by atoms with van der Waals surface area (Å²) in [6.45, 7) is 4.48. The van der Waals surface area contributed by atoms with Gasteiger partial charge in [-0.1, -0.05) is 29.8 Å². The molecular formula is C21H24N2O3S. The summed E-state index contributed by atoms with van der Waals surface area (Å²) in [4.78, 5) is 14.4. The first kappa shape index (κ1) is 18.2. The molecule has 1 N–H and O–H groups in total. The standard InChI is InChI=1S/C21H24N2O3S/c1-14-3-5-16(6-4-14)15(2)22-27(25,26)19-9-10-20-18(13-19)11-12-23(20)21(24)17-7-8-17/h3-6,9-10,13,15,17,22H,7-8,11-12H2,1-2H3. The molecule has 0 aromatic heterocycles. The Morgan fingerprint density at radius 3 is 2.52 bits per heavy atom. The van der Waals surface area contributed by atoms with Crippen LogP contribution in [0.25, 0.3) is 0 Å². The molecule has 0 radical (unpaired) electrons. The van der Waals surface area contributed by atoms with Gasteiger partial charge in [0.1, 0.15) is 0 Å². The average Bonchev–Trinajstić information content (AvgIpc) is 3.40. The van der Waals surface area contributed by atoms with Gasteiger partial charge < -0.3 is 4.90 Å². The number of rotatable bonds is 5. The second-order valence-corrected chi connectivity index (χ2v) is 9.27. The van der Waals surface area contributed by atoms with Crippen LogP contribution in [0.15, 0.2) is 47.4 Å². The number of amides is 1. The predicted octanol–water partition coefficient (Wildman–Crippen LogP) is 3.33. The number of hydrogen-bond acceptors (Lipinski definition) is 3. The molecule has 5 nitrogen and oxygen atoms in total. The van der Waals surface area contributed by atoms with Gasteiger partial charge in [-0.3, -0.25) is 4.79 Å². The van der Waals surface area contributed by atoms with E-state index in [1.807, 2.05) is 43.0 Å². The first-order chi connectivity index (χ1) is 12.8. The van der Waals surface area contributed by atoms with E-state index in [9.17, 15) is 13.2 Å². The summed E-state index contributed by atoms with van der Waals surface area (Å²) < 4.78 is 28.4. The van der Waals surface area contributed by atoms with Crippen molar-refractivity contribution < 1.29 is 13.2 Å². The highest BCUT2D eigenvalue weighted by atomic mass is 32.2. The lowest BCUT2D eigenvalue weighted by Crippen LogP contribution is -2.30. The van der Waals surface area contributed by atoms with Crippen LogP contribution in [0.2, 0.25) is 0 Å². The van der Waals surface area contributed by atoms with E-state index < -0.39 is 10.0 Å². The molecule has 1 aliphatic heterocycles. The summed E-state index contributed by atoms with van der Waals surface area (Å²) in [5, 5.41) is 0. The number of benzene rings is 2. The zero-order chi connectivity index (χ0) is 19.2. The van der Waals surface area contributed by atoms with Crippen molar-refractivity contribution in [3.05, 3.63) is 59.2 Å². The van der Waals surface area contributed by atoms with Crippen LogP contribution in [0.4, 0.5) is 5.69 Å². The molecule has 1 fully saturated rings. The Kier molecular flexibility index (Phi) is 4.56. The second-order valence-electron chi connectivity index (χ2n) is 7.56. The molecular weight excluding hydrogens is 360 g/mol. The molecule has 1 atom stereocenters. The Bertz CT molecular complexity index is 979. The third-order valence-electron chi connectivity index (χ3n) is 5.36.